The van der Waals surface area contributed by atoms with Crippen LogP contribution in [0.25, 0.3) is 33.1 Å². The van der Waals surface area contributed by atoms with E-state index in [2.05, 4.69) is 16.0 Å². The number of nitrogens with one attached hydrogen (secondary N) is 1. The monoisotopic (exact) mass is 461 g/mol. The number of rotatable bonds is 6. The van der Waals surface area contributed by atoms with E-state index in [4.69, 9.17) is 16.3 Å². The predicted octanol–water partition coefficient (Wildman–Crippen LogP) is 5.63. The average molecular weight is 462 g/mol. The Balaban J connectivity index is 1.49. The molecule has 0 bridgehead atoms. The van der Waals surface area contributed by atoms with Gasteiger partial charge in [-0.1, -0.05) is 23.7 Å². The van der Waals surface area contributed by atoms with E-state index in [-0.39, 0.29) is 18.2 Å². The maximum atomic E-state index is 11.4. The molecule has 2 aromatic heterocycles. The van der Waals surface area contributed by atoms with Crippen LogP contribution in [0, 0.1) is 6.92 Å². The first-order valence-electron chi connectivity index (χ1n) is 10.3. The molecular formula is C25H20ClN3O4. The van der Waals surface area contributed by atoms with Crippen molar-refractivity contribution in [2.75, 3.05) is 6.61 Å². The summed E-state index contributed by atoms with van der Waals surface area (Å²) in [6.45, 7) is 2.36. The van der Waals surface area contributed by atoms with Crippen LogP contribution in [0.15, 0.2) is 60.8 Å². The van der Waals surface area contributed by atoms with E-state index in [0.29, 0.717) is 33.9 Å². The van der Waals surface area contributed by atoms with Gasteiger partial charge in [0.25, 0.3) is 6.01 Å². The zero-order chi connectivity index (χ0) is 23.1. The third kappa shape index (κ3) is 3.92. The van der Waals surface area contributed by atoms with Crippen molar-refractivity contribution in [3.05, 3.63) is 76.9 Å². The highest BCUT2D eigenvalue weighted by Crippen LogP contribution is 2.34. The number of aromatic carboxylic acids is 1. The Morgan fingerprint density at radius 2 is 2.00 bits per heavy atom. The molecule has 3 aromatic carbocycles. The Kier molecular flexibility index (Phi) is 5.28. The molecule has 0 saturated heterocycles. The summed E-state index contributed by atoms with van der Waals surface area (Å²) in [4.78, 5) is 19.0. The van der Waals surface area contributed by atoms with Gasteiger partial charge < -0.3 is 24.5 Å². The molecule has 0 amide bonds. The Morgan fingerprint density at radius 3 is 2.79 bits per heavy atom. The minimum atomic E-state index is -1.01. The summed E-state index contributed by atoms with van der Waals surface area (Å²) in [5, 5.41) is 20.2. The third-order valence-electron chi connectivity index (χ3n) is 5.63. The van der Waals surface area contributed by atoms with E-state index in [9.17, 15) is 15.0 Å². The molecule has 0 aliphatic rings. The number of hydrogen-bond acceptors (Lipinski definition) is 4. The first-order valence-corrected chi connectivity index (χ1v) is 10.7. The number of imidazole rings is 1. The summed E-state index contributed by atoms with van der Waals surface area (Å²) in [7, 11) is 0. The largest absolute Gasteiger partial charge is 0.478 e. The van der Waals surface area contributed by atoms with Gasteiger partial charge in [0, 0.05) is 29.2 Å². The number of hydrogen-bond donors (Lipinski definition) is 3. The number of carboxylic acid groups (broad SMARTS) is 1. The fourth-order valence-electron chi connectivity index (χ4n) is 3.95. The molecule has 0 aliphatic carbocycles. The number of carboxylic acids is 1. The van der Waals surface area contributed by atoms with Crippen molar-refractivity contribution in [2.45, 2.75) is 13.5 Å². The van der Waals surface area contributed by atoms with Gasteiger partial charge in [0.05, 0.1) is 28.2 Å². The lowest BCUT2D eigenvalue weighted by molar-refractivity contribution is 0.0695. The molecule has 166 valence electrons. The average Bonchev–Trinajstić information content (AvgIpc) is 3.37. The van der Waals surface area contributed by atoms with Crippen molar-refractivity contribution in [1.29, 1.82) is 0 Å². The number of carbonyl (C=O) groups is 1. The number of H-pyrrole nitrogens is 1. The van der Waals surface area contributed by atoms with Gasteiger partial charge in [-0.05, 0) is 60.5 Å². The van der Waals surface area contributed by atoms with Gasteiger partial charge in [-0.25, -0.2) is 4.79 Å². The zero-order valence-electron chi connectivity index (χ0n) is 17.7. The lowest BCUT2D eigenvalue weighted by atomic mass is 10.0. The van der Waals surface area contributed by atoms with Crippen LogP contribution in [0.5, 0.6) is 11.8 Å². The fraction of sp³-hybridized carbons (Fsp3) is 0.120. The molecule has 0 radical (unpaired) electrons. The Morgan fingerprint density at radius 1 is 1.15 bits per heavy atom. The third-order valence-corrected chi connectivity index (χ3v) is 5.94. The SMILES string of the molecule is Cc1ccc(Oc2nc3cc(-c4ccc5c(ccn5CCO)c4)c(Cl)cc3[nH]2)cc1C(=O)O. The van der Waals surface area contributed by atoms with E-state index in [1.54, 1.807) is 25.1 Å². The molecule has 7 nitrogen and oxygen atoms in total. The summed E-state index contributed by atoms with van der Waals surface area (Å²) < 4.78 is 7.78. The number of halogens is 1. The lowest BCUT2D eigenvalue weighted by Gasteiger charge is -2.07. The quantitative estimate of drug-likeness (QED) is 0.304. The van der Waals surface area contributed by atoms with Gasteiger partial charge in [-0.15, -0.1) is 0 Å². The number of aromatic nitrogens is 3. The fourth-order valence-corrected chi connectivity index (χ4v) is 4.23. The highest BCUT2D eigenvalue weighted by molar-refractivity contribution is 6.34. The molecular weight excluding hydrogens is 442 g/mol. The number of aryl methyl sites for hydroxylation is 1. The van der Waals surface area contributed by atoms with Crippen LogP contribution < -0.4 is 4.74 Å². The summed E-state index contributed by atoms with van der Waals surface area (Å²) >= 11 is 6.59. The van der Waals surface area contributed by atoms with Gasteiger partial charge in [0.15, 0.2) is 0 Å². The van der Waals surface area contributed by atoms with Crippen LogP contribution >= 0.6 is 11.6 Å². The van der Waals surface area contributed by atoms with Crippen LogP contribution in [-0.2, 0) is 6.54 Å². The first-order chi connectivity index (χ1) is 15.9. The Hall–Kier alpha value is -3.81. The van der Waals surface area contributed by atoms with Crippen molar-refractivity contribution < 1.29 is 19.7 Å². The topological polar surface area (TPSA) is 100 Å². The second kappa shape index (κ2) is 8.27. The van der Waals surface area contributed by atoms with Gasteiger partial charge in [0.1, 0.15) is 5.75 Å². The molecule has 2 heterocycles. The number of nitrogens with zero attached hydrogens (tertiary/aromatic N) is 2. The van der Waals surface area contributed by atoms with Crippen LogP contribution in [0.1, 0.15) is 15.9 Å². The molecule has 0 unspecified atom stereocenters. The summed E-state index contributed by atoms with van der Waals surface area (Å²) in [5.41, 5.74) is 5.04. The van der Waals surface area contributed by atoms with Crippen LogP contribution in [0.3, 0.4) is 0 Å². The van der Waals surface area contributed by atoms with E-state index in [1.165, 1.54) is 6.07 Å². The van der Waals surface area contributed by atoms with Crippen molar-refractivity contribution in [3.8, 4) is 22.9 Å². The van der Waals surface area contributed by atoms with Gasteiger partial charge >= 0.3 is 5.97 Å². The first kappa shape index (κ1) is 21.1. The predicted molar refractivity (Wildman–Crippen MR) is 127 cm³/mol. The number of benzene rings is 3. The van der Waals surface area contributed by atoms with E-state index in [1.807, 2.05) is 35.0 Å². The second-order valence-corrected chi connectivity index (χ2v) is 8.19. The van der Waals surface area contributed by atoms with Crippen LogP contribution in [0.4, 0.5) is 0 Å². The number of aliphatic hydroxyl groups is 1. The molecule has 3 N–H and O–H groups in total. The molecule has 5 aromatic rings. The molecule has 0 fully saturated rings. The minimum Gasteiger partial charge on any atom is -0.478 e. The summed E-state index contributed by atoms with van der Waals surface area (Å²) in [6.07, 6.45) is 1.95. The normalized spacial score (nSPS) is 11.4. The Bertz CT molecular complexity index is 1520. The smallest absolute Gasteiger partial charge is 0.336 e. The van der Waals surface area contributed by atoms with E-state index in [0.717, 1.165) is 22.0 Å². The number of fused-ring (bicyclic) bond motifs is 2. The highest BCUT2D eigenvalue weighted by atomic mass is 35.5. The van der Waals surface area contributed by atoms with Crippen molar-refractivity contribution >= 4 is 39.5 Å². The molecule has 0 spiro atoms. The maximum absolute atomic E-state index is 11.4. The summed E-state index contributed by atoms with van der Waals surface area (Å²) in [5.74, 6) is -0.635. The number of ether oxygens (including phenoxy) is 1. The zero-order valence-corrected chi connectivity index (χ0v) is 18.4. The van der Waals surface area contributed by atoms with Gasteiger partial charge in [-0.2, -0.15) is 4.98 Å². The maximum Gasteiger partial charge on any atom is 0.336 e. The molecule has 8 heteroatoms. The second-order valence-electron chi connectivity index (χ2n) is 7.78. The highest BCUT2D eigenvalue weighted by Gasteiger charge is 2.14. The van der Waals surface area contributed by atoms with Crippen molar-refractivity contribution in [2.24, 2.45) is 0 Å². The van der Waals surface area contributed by atoms with Gasteiger partial charge in [-0.3, -0.25) is 0 Å². The van der Waals surface area contributed by atoms with Gasteiger partial charge in [0.2, 0.25) is 0 Å². The molecule has 5 rings (SSSR count). The van der Waals surface area contributed by atoms with E-state index >= 15 is 0 Å². The number of aliphatic hydroxyl groups excluding tert-OH is 1. The molecule has 0 saturated carbocycles. The standard InChI is InChI=1S/C25H20ClN3O4/c1-14-2-4-17(11-18(14)24(31)32)33-25-27-21-12-19(20(26)13-22(21)28-25)15-3-5-23-16(10-15)6-7-29(23)8-9-30/h2-7,10-13,30H,8-9H2,1H3,(H,27,28)(H,31,32). The number of aromatic amines is 1. The summed E-state index contributed by atoms with van der Waals surface area (Å²) in [6, 6.07) is 16.9. The lowest BCUT2D eigenvalue weighted by Crippen LogP contribution is -2.00. The minimum absolute atomic E-state index is 0.0811. The Labute approximate surface area is 193 Å². The molecule has 0 aliphatic heterocycles. The van der Waals surface area contributed by atoms with E-state index < -0.39 is 5.97 Å². The molecule has 0 atom stereocenters. The van der Waals surface area contributed by atoms with Crippen molar-refractivity contribution in [1.82, 2.24) is 14.5 Å². The van der Waals surface area contributed by atoms with Crippen LogP contribution in [0.2, 0.25) is 5.02 Å². The van der Waals surface area contributed by atoms with Crippen LogP contribution in [-0.4, -0.2) is 37.3 Å². The molecule has 33 heavy (non-hydrogen) atoms. The van der Waals surface area contributed by atoms with Crippen molar-refractivity contribution in [3.63, 3.8) is 0 Å².